The Morgan fingerprint density at radius 3 is 2.20 bits per heavy atom. The van der Waals surface area contributed by atoms with Crippen LogP contribution in [-0.2, 0) is 19.1 Å². The van der Waals surface area contributed by atoms with Crippen molar-refractivity contribution >= 4 is 41.5 Å². The zero-order valence-electron chi connectivity index (χ0n) is 16.3. The molecule has 1 amide bonds. The van der Waals surface area contributed by atoms with Crippen molar-refractivity contribution in [3.05, 3.63) is 71.8 Å². The molecule has 0 saturated carbocycles. The molecule has 3 rings (SSSR count). The Hall–Kier alpha value is -2.35. The molecule has 0 aromatic heterocycles. The summed E-state index contributed by atoms with van der Waals surface area (Å²) in [6.07, 6.45) is -1.69. The van der Waals surface area contributed by atoms with Gasteiger partial charge in [-0.15, -0.1) is 23.4 Å². The van der Waals surface area contributed by atoms with Gasteiger partial charge in [-0.2, -0.15) is 0 Å². The quantitative estimate of drug-likeness (QED) is 0.380. The molecule has 2 aromatic carbocycles. The summed E-state index contributed by atoms with van der Waals surface area (Å²) in [7, 11) is 0. The minimum atomic E-state index is -1.52. The second-order valence-electron chi connectivity index (χ2n) is 7.12. The molecular weight excluding hydrogens is 426 g/mol. The monoisotopic (exact) mass is 447 g/mol. The summed E-state index contributed by atoms with van der Waals surface area (Å²) in [6, 6.07) is 17.3. The van der Waals surface area contributed by atoms with E-state index < -0.39 is 40.6 Å². The number of rotatable bonds is 8. The van der Waals surface area contributed by atoms with Gasteiger partial charge in [-0.3, -0.25) is 9.59 Å². The van der Waals surface area contributed by atoms with Gasteiger partial charge < -0.3 is 14.7 Å². The SMILES string of the molecule is CC1(C(O)C(=O)CCl)SCN(C=O)[C@H]1C(=O)OC(c1ccccc1)c1ccccc1. The minimum Gasteiger partial charge on any atom is -0.451 e. The van der Waals surface area contributed by atoms with Crippen molar-refractivity contribution in [3.8, 4) is 0 Å². The van der Waals surface area contributed by atoms with Crippen molar-refractivity contribution < 1.29 is 24.2 Å². The van der Waals surface area contributed by atoms with Gasteiger partial charge in [0.15, 0.2) is 11.9 Å². The molecule has 0 spiro atoms. The molecule has 8 heteroatoms. The van der Waals surface area contributed by atoms with E-state index in [-0.39, 0.29) is 5.88 Å². The summed E-state index contributed by atoms with van der Waals surface area (Å²) in [6.45, 7) is 1.57. The van der Waals surface area contributed by atoms with Crippen LogP contribution in [0.25, 0.3) is 0 Å². The Labute approximate surface area is 184 Å². The normalized spacial score (nSPS) is 22.0. The number of nitrogens with zero attached hydrogens (tertiary/aromatic N) is 1. The van der Waals surface area contributed by atoms with Gasteiger partial charge in [0, 0.05) is 0 Å². The molecule has 0 radical (unpaired) electrons. The van der Waals surface area contributed by atoms with Crippen LogP contribution in [0.3, 0.4) is 0 Å². The maximum atomic E-state index is 13.3. The molecule has 0 aliphatic carbocycles. The Morgan fingerprint density at radius 1 is 1.20 bits per heavy atom. The first-order chi connectivity index (χ1) is 14.4. The second-order valence-corrected chi connectivity index (χ2v) is 8.81. The third-order valence-corrected chi connectivity index (χ3v) is 6.94. The molecule has 1 aliphatic rings. The first-order valence-electron chi connectivity index (χ1n) is 9.34. The summed E-state index contributed by atoms with van der Waals surface area (Å²) in [5.74, 6) is -1.56. The van der Waals surface area contributed by atoms with E-state index in [4.69, 9.17) is 16.3 Å². The number of benzene rings is 2. The highest BCUT2D eigenvalue weighted by Crippen LogP contribution is 2.43. The Bertz CT molecular complexity index is 857. The molecule has 1 aliphatic heterocycles. The first kappa shape index (κ1) is 22.3. The van der Waals surface area contributed by atoms with Crippen LogP contribution in [0.4, 0.5) is 0 Å². The maximum absolute atomic E-state index is 13.3. The number of aliphatic hydroxyl groups excluding tert-OH is 1. The number of Topliss-reactive ketones (excluding diaryl/α,β-unsaturated/α-hetero) is 1. The van der Waals surface area contributed by atoms with E-state index in [0.717, 1.165) is 22.9 Å². The molecule has 1 N–H and O–H groups in total. The molecule has 1 saturated heterocycles. The van der Waals surface area contributed by atoms with Crippen LogP contribution in [-0.4, -0.2) is 56.8 Å². The Morgan fingerprint density at radius 2 is 1.73 bits per heavy atom. The number of hydrogen-bond donors (Lipinski definition) is 1. The third-order valence-electron chi connectivity index (χ3n) is 5.18. The van der Waals surface area contributed by atoms with E-state index in [1.54, 1.807) is 6.92 Å². The number of ketones is 1. The maximum Gasteiger partial charge on any atom is 0.331 e. The number of ether oxygens (including phenoxy) is 1. The predicted molar refractivity (Wildman–Crippen MR) is 115 cm³/mol. The van der Waals surface area contributed by atoms with Gasteiger partial charge in [0.2, 0.25) is 6.41 Å². The summed E-state index contributed by atoms with van der Waals surface area (Å²) < 4.78 is 4.61. The van der Waals surface area contributed by atoms with Crippen LogP contribution in [0.15, 0.2) is 60.7 Å². The smallest absolute Gasteiger partial charge is 0.331 e. The number of thioether (sulfide) groups is 1. The molecule has 3 atom stereocenters. The standard InChI is InChI=1S/C22H22ClNO5S/c1-22(20(27)17(26)12-23)19(24(13-25)14-30-22)21(28)29-18(15-8-4-2-5-9-15)16-10-6-3-7-11-16/h2-11,13,18-20,27H,12,14H2,1H3/t19-,20?,22?/m0/s1. The van der Waals surface area contributed by atoms with Crippen LogP contribution in [0.2, 0.25) is 0 Å². The molecule has 0 bridgehead atoms. The van der Waals surface area contributed by atoms with Gasteiger partial charge in [-0.05, 0) is 18.1 Å². The van der Waals surface area contributed by atoms with Crippen LogP contribution in [0.5, 0.6) is 0 Å². The largest absolute Gasteiger partial charge is 0.451 e. The topological polar surface area (TPSA) is 83.9 Å². The summed E-state index contributed by atoms with van der Waals surface area (Å²) in [5, 5.41) is 10.6. The van der Waals surface area contributed by atoms with E-state index in [0.29, 0.717) is 6.41 Å². The predicted octanol–water partition coefficient (Wildman–Crippen LogP) is 2.78. The Kier molecular flexibility index (Phi) is 7.18. The molecule has 6 nitrogen and oxygen atoms in total. The fraction of sp³-hybridized carbons (Fsp3) is 0.318. The highest BCUT2D eigenvalue weighted by atomic mass is 35.5. The number of carbonyl (C=O) groups excluding carboxylic acids is 3. The van der Waals surface area contributed by atoms with Crippen LogP contribution in [0.1, 0.15) is 24.2 Å². The van der Waals surface area contributed by atoms with Crippen molar-refractivity contribution in [3.63, 3.8) is 0 Å². The Balaban J connectivity index is 1.95. The molecular formula is C22H22ClNO5S. The number of esters is 1. The number of halogens is 1. The third kappa shape index (κ3) is 4.38. The van der Waals surface area contributed by atoms with E-state index >= 15 is 0 Å². The first-order valence-corrected chi connectivity index (χ1v) is 10.9. The lowest BCUT2D eigenvalue weighted by atomic mass is 9.91. The van der Waals surface area contributed by atoms with Gasteiger partial charge in [0.05, 0.1) is 16.5 Å². The van der Waals surface area contributed by atoms with Crippen LogP contribution >= 0.6 is 23.4 Å². The van der Waals surface area contributed by atoms with Crippen LogP contribution < -0.4 is 0 Å². The fourth-order valence-corrected chi connectivity index (χ4v) is 5.01. The highest BCUT2D eigenvalue weighted by Gasteiger charge is 2.56. The van der Waals surface area contributed by atoms with Gasteiger partial charge >= 0.3 is 5.97 Å². The lowest BCUT2D eigenvalue weighted by Crippen LogP contribution is -2.56. The molecule has 2 aromatic rings. The van der Waals surface area contributed by atoms with Crippen molar-refractivity contribution in [1.82, 2.24) is 4.90 Å². The average Bonchev–Trinajstić information content (AvgIpc) is 3.15. The summed E-state index contributed by atoms with van der Waals surface area (Å²) >= 11 is 6.76. The zero-order valence-corrected chi connectivity index (χ0v) is 17.9. The van der Waals surface area contributed by atoms with Crippen molar-refractivity contribution in [1.29, 1.82) is 0 Å². The number of aliphatic hydroxyl groups is 1. The highest BCUT2D eigenvalue weighted by molar-refractivity contribution is 8.01. The molecule has 2 unspecified atom stereocenters. The second kappa shape index (κ2) is 9.64. The molecule has 30 heavy (non-hydrogen) atoms. The number of hydrogen-bond acceptors (Lipinski definition) is 6. The lowest BCUT2D eigenvalue weighted by molar-refractivity contribution is -0.157. The van der Waals surface area contributed by atoms with Gasteiger partial charge in [-0.25, -0.2) is 4.79 Å². The fourth-order valence-electron chi connectivity index (χ4n) is 3.54. The number of carbonyl (C=O) groups is 3. The summed E-state index contributed by atoms with van der Waals surface area (Å²) in [4.78, 5) is 38.2. The average molecular weight is 448 g/mol. The van der Waals surface area contributed by atoms with Crippen molar-refractivity contribution in [2.24, 2.45) is 0 Å². The lowest BCUT2D eigenvalue weighted by Gasteiger charge is -2.34. The number of alkyl halides is 1. The molecule has 1 fully saturated rings. The van der Waals surface area contributed by atoms with Gasteiger partial charge in [0.25, 0.3) is 0 Å². The minimum absolute atomic E-state index is 0.147. The van der Waals surface area contributed by atoms with Crippen molar-refractivity contribution in [2.75, 3.05) is 11.8 Å². The molecule has 1 heterocycles. The van der Waals surface area contributed by atoms with E-state index in [9.17, 15) is 19.5 Å². The van der Waals surface area contributed by atoms with Gasteiger partial charge in [0.1, 0.15) is 12.1 Å². The van der Waals surface area contributed by atoms with Crippen molar-refractivity contribution in [2.45, 2.75) is 29.9 Å². The van der Waals surface area contributed by atoms with E-state index in [1.807, 2.05) is 60.7 Å². The number of amides is 1. The van der Waals surface area contributed by atoms with E-state index in [1.165, 1.54) is 4.90 Å². The van der Waals surface area contributed by atoms with Crippen LogP contribution in [0, 0.1) is 0 Å². The van der Waals surface area contributed by atoms with Gasteiger partial charge in [-0.1, -0.05) is 60.7 Å². The van der Waals surface area contributed by atoms with E-state index in [2.05, 4.69) is 0 Å². The summed E-state index contributed by atoms with van der Waals surface area (Å²) in [5.41, 5.74) is 1.53. The zero-order chi connectivity index (χ0) is 21.7. The molecule has 158 valence electrons.